The van der Waals surface area contributed by atoms with Crippen molar-refractivity contribution in [1.29, 1.82) is 0 Å². The largest absolute Gasteiger partial charge is 0.388 e. The molecule has 1 saturated carbocycles. The van der Waals surface area contributed by atoms with Crippen LogP contribution in [0.4, 0.5) is 0 Å². The Morgan fingerprint density at radius 3 is 2.60 bits per heavy atom. The van der Waals surface area contributed by atoms with Gasteiger partial charge in [-0.25, -0.2) is 0 Å². The number of hydrogen-bond acceptors (Lipinski definition) is 3. The summed E-state index contributed by atoms with van der Waals surface area (Å²) in [5.41, 5.74) is -0.556. The second-order valence-electron chi connectivity index (χ2n) is 5.73. The summed E-state index contributed by atoms with van der Waals surface area (Å²) in [7, 11) is 1.76. The number of nitrogens with one attached hydrogen (secondary N) is 2. The molecule has 0 radical (unpaired) electrons. The third-order valence-electron chi connectivity index (χ3n) is 4.11. The van der Waals surface area contributed by atoms with Crippen molar-refractivity contribution in [2.24, 2.45) is 4.99 Å². The summed E-state index contributed by atoms with van der Waals surface area (Å²) in [6, 6.07) is 0. The van der Waals surface area contributed by atoms with Crippen LogP contribution in [0, 0.1) is 0 Å². The molecule has 1 atom stereocenters. The highest BCUT2D eigenvalue weighted by Gasteiger charge is 2.29. The number of halogens is 1. The zero-order valence-electron chi connectivity index (χ0n) is 12.4. The zero-order valence-corrected chi connectivity index (χ0v) is 14.7. The molecule has 0 bridgehead atoms. The van der Waals surface area contributed by atoms with Gasteiger partial charge >= 0.3 is 0 Å². The average molecular weight is 397 g/mol. The fraction of sp³-hybridized carbons (Fsp3) is 0.929. The van der Waals surface area contributed by atoms with Crippen LogP contribution in [0.5, 0.6) is 0 Å². The molecule has 1 saturated heterocycles. The van der Waals surface area contributed by atoms with Gasteiger partial charge < -0.3 is 20.5 Å². The van der Waals surface area contributed by atoms with Crippen molar-refractivity contribution in [2.75, 3.05) is 26.7 Å². The van der Waals surface area contributed by atoms with Gasteiger partial charge in [-0.1, -0.05) is 19.3 Å². The molecular formula is C14H28IN3O2. The van der Waals surface area contributed by atoms with Crippen molar-refractivity contribution in [3.8, 4) is 0 Å². The maximum atomic E-state index is 10.4. The number of ether oxygens (including phenoxy) is 1. The fourth-order valence-corrected chi connectivity index (χ4v) is 2.87. The molecule has 0 aromatic rings. The van der Waals surface area contributed by atoms with E-state index in [1.54, 1.807) is 7.05 Å². The number of nitrogens with zero attached hydrogens (tertiary/aromatic N) is 1. The minimum atomic E-state index is -0.556. The van der Waals surface area contributed by atoms with E-state index in [0.29, 0.717) is 12.6 Å². The van der Waals surface area contributed by atoms with Gasteiger partial charge in [-0.2, -0.15) is 0 Å². The molecule has 0 aromatic carbocycles. The van der Waals surface area contributed by atoms with Crippen LogP contribution in [0.1, 0.15) is 44.9 Å². The maximum Gasteiger partial charge on any atom is 0.191 e. The van der Waals surface area contributed by atoms with Crippen molar-refractivity contribution < 1.29 is 9.84 Å². The van der Waals surface area contributed by atoms with Gasteiger partial charge in [-0.15, -0.1) is 24.0 Å². The Balaban J connectivity index is 0.00000200. The highest BCUT2D eigenvalue weighted by Crippen LogP contribution is 2.27. The summed E-state index contributed by atoms with van der Waals surface area (Å²) in [5, 5.41) is 16.9. The van der Waals surface area contributed by atoms with Crippen molar-refractivity contribution >= 4 is 29.9 Å². The molecule has 2 fully saturated rings. The molecule has 1 aliphatic heterocycles. The Hall–Kier alpha value is -0.0800. The van der Waals surface area contributed by atoms with Gasteiger partial charge in [0.05, 0.1) is 11.7 Å². The lowest BCUT2D eigenvalue weighted by Crippen LogP contribution is -2.49. The first-order valence-corrected chi connectivity index (χ1v) is 7.50. The predicted octanol–water partition coefficient (Wildman–Crippen LogP) is 1.64. The minimum absolute atomic E-state index is 0. The fourth-order valence-electron chi connectivity index (χ4n) is 2.87. The number of rotatable bonds is 4. The molecule has 0 spiro atoms. The van der Waals surface area contributed by atoms with E-state index in [1.807, 2.05) is 0 Å². The van der Waals surface area contributed by atoms with Crippen molar-refractivity contribution in [3.63, 3.8) is 0 Å². The maximum absolute atomic E-state index is 10.4. The Morgan fingerprint density at radius 1 is 1.25 bits per heavy atom. The van der Waals surface area contributed by atoms with Crippen molar-refractivity contribution in [3.05, 3.63) is 0 Å². The highest BCUT2D eigenvalue weighted by atomic mass is 127. The van der Waals surface area contributed by atoms with E-state index >= 15 is 0 Å². The van der Waals surface area contributed by atoms with Crippen molar-refractivity contribution in [1.82, 2.24) is 10.6 Å². The third-order valence-corrected chi connectivity index (χ3v) is 4.11. The monoisotopic (exact) mass is 397 g/mol. The van der Waals surface area contributed by atoms with Gasteiger partial charge in [0.2, 0.25) is 0 Å². The van der Waals surface area contributed by atoms with E-state index in [9.17, 15) is 5.11 Å². The molecule has 2 rings (SSSR count). The molecule has 118 valence electrons. The van der Waals surface area contributed by atoms with E-state index in [2.05, 4.69) is 15.6 Å². The number of aliphatic imine (C=N–C) groups is 1. The molecule has 5 nitrogen and oxygen atoms in total. The first kappa shape index (κ1) is 18.0. The standard InChI is InChI=1S/C14H27N3O2.HI/c1-15-13(16-10-12-6-5-9-19-12)17-11-14(18)7-3-2-4-8-14;/h12,18H,2-11H2,1H3,(H2,15,16,17);1H. The number of guanidine groups is 1. The van der Waals surface area contributed by atoms with Crippen LogP contribution in [0.15, 0.2) is 4.99 Å². The van der Waals surface area contributed by atoms with Gasteiger partial charge in [0.1, 0.15) is 0 Å². The van der Waals surface area contributed by atoms with Crippen LogP contribution in [-0.2, 0) is 4.74 Å². The summed E-state index contributed by atoms with van der Waals surface area (Å²) >= 11 is 0. The van der Waals surface area contributed by atoms with Crippen LogP contribution in [0.25, 0.3) is 0 Å². The molecule has 20 heavy (non-hydrogen) atoms. The summed E-state index contributed by atoms with van der Waals surface area (Å²) in [6.45, 7) is 2.24. The lowest BCUT2D eigenvalue weighted by molar-refractivity contribution is 0.00855. The summed E-state index contributed by atoms with van der Waals surface area (Å²) in [5.74, 6) is 0.759. The molecule has 1 aliphatic carbocycles. The normalized spacial score (nSPS) is 25.9. The van der Waals surface area contributed by atoms with Crippen molar-refractivity contribution in [2.45, 2.75) is 56.7 Å². The zero-order chi connectivity index (χ0) is 13.6. The molecule has 1 heterocycles. The summed E-state index contributed by atoms with van der Waals surface area (Å²) in [6.07, 6.45) is 7.85. The molecular weight excluding hydrogens is 369 g/mol. The van der Waals surface area contributed by atoms with E-state index in [-0.39, 0.29) is 24.0 Å². The topological polar surface area (TPSA) is 65.9 Å². The quantitative estimate of drug-likeness (QED) is 0.384. The van der Waals surface area contributed by atoms with Gasteiger partial charge in [0, 0.05) is 26.7 Å². The second-order valence-corrected chi connectivity index (χ2v) is 5.73. The molecule has 0 aromatic heterocycles. The first-order chi connectivity index (χ1) is 9.22. The highest BCUT2D eigenvalue weighted by molar-refractivity contribution is 14.0. The molecule has 2 aliphatic rings. The third kappa shape index (κ3) is 5.73. The summed E-state index contributed by atoms with van der Waals surface area (Å²) in [4.78, 5) is 4.19. The van der Waals surface area contributed by atoms with Gasteiger partial charge in [-0.05, 0) is 25.7 Å². The van der Waals surface area contributed by atoms with Crippen LogP contribution in [-0.4, -0.2) is 49.5 Å². The lowest BCUT2D eigenvalue weighted by Gasteiger charge is -2.32. The van der Waals surface area contributed by atoms with Gasteiger partial charge in [0.15, 0.2) is 5.96 Å². The van der Waals surface area contributed by atoms with Gasteiger partial charge in [0.25, 0.3) is 0 Å². The van der Waals surface area contributed by atoms with Gasteiger partial charge in [-0.3, -0.25) is 4.99 Å². The SMILES string of the molecule is CN=C(NCC1CCCO1)NCC1(O)CCCCC1.I. The van der Waals surface area contributed by atoms with Crippen LogP contribution in [0.2, 0.25) is 0 Å². The smallest absolute Gasteiger partial charge is 0.191 e. The Bertz CT molecular complexity index is 301. The Labute approximate surface area is 139 Å². The minimum Gasteiger partial charge on any atom is -0.388 e. The van der Waals surface area contributed by atoms with Crippen LogP contribution >= 0.6 is 24.0 Å². The van der Waals surface area contributed by atoms with Crippen LogP contribution < -0.4 is 10.6 Å². The number of aliphatic hydroxyl groups is 1. The van der Waals surface area contributed by atoms with E-state index in [0.717, 1.165) is 57.6 Å². The van der Waals surface area contributed by atoms with E-state index in [1.165, 1.54) is 6.42 Å². The Kier molecular flexibility index (Phi) is 8.13. The summed E-state index contributed by atoms with van der Waals surface area (Å²) < 4.78 is 5.57. The molecule has 0 amide bonds. The van der Waals surface area contributed by atoms with E-state index in [4.69, 9.17) is 4.74 Å². The average Bonchev–Trinajstić information content (AvgIpc) is 2.93. The molecule has 1 unspecified atom stereocenters. The van der Waals surface area contributed by atoms with Crippen LogP contribution in [0.3, 0.4) is 0 Å². The molecule has 3 N–H and O–H groups in total. The number of hydrogen-bond donors (Lipinski definition) is 3. The Morgan fingerprint density at radius 2 is 2.00 bits per heavy atom. The second kappa shape index (κ2) is 9.04. The molecule has 6 heteroatoms. The van der Waals surface area contributed by atoms with E-state index < -0.39 is 5.60 Å². The first-order valence-electron chi connectivity index (χ1n) is 7.50. The lowest BCUT2D eigenvalue weighted by atomic mass is 9.85. The predicted molar refractivity (Wildman–Crippen MR) is 91.8 cm³/mol.